The molecule has 0 spiro atoms. The zero-order chi connectivity index (χ0) is 26.7. The van der Waals surface area contributed by atoms with Crippen LogP contribution in [0.2, 0.25) is 0 Å². The van der Waals surface area contributed by atoms with Crippen molar-refractivity contribution in [2.24, 2.45) is 0 Å². The molecule has 4 aliphatic rings. The van der Waals surface area contributed by atoms with Crippen LogP contribution < -0.4 is 5.32 Å². The van der Waals surface area contributed by atoms with Crippen molar-refractivity contribution in [3.05, 3.63) is 65.5 Å². The fourth-order valence-corrected chi connectivity index (χ4v) is 5.37. The number of nitrogens with one attached hydrogen (secondary N) is 1. The van der Waals surface area contributed by atoms with Gasteiger partial charge in [-0.15, -0.1) is 0 Å². The molecule has 2 aliphatic heterocycles. The number of halogens is 3. The quantitative estimate of drug-likeness (QED) is 0.504. The molecule has 1 aromatic heterocycles. The summed E-state index contributed by atoms with van der Waals surface area (Å²) in [5, 5.41) is 3.84. The Morgan fingerprint density at radius 3 is 2.62 bits per heavy atom. The summed E-state index contributed by atoms with van der Waals surface area (Å²) in [4.78, 5) is 16.7. The van der Waals surface area contributed by atoms with Gasteiger partial charge in [0.2, 0.25) is 6.41 Å². The minimum absolute atomic E-state index is 0.188. The Morgan fingerprint density at radius 2 is 1.95 bits per heavy atom. The van der Waals surface area contributed by atoms with Crippen LogP contribution in [0, 0.1) is 0 Å². The molecule has 0 bridgehead atoms. The molecule has 37 heavy (non-hydrogen) atoms. The number of pyridine rings is 1. The van der Waals surface area contributed by atoms with E-state index in [9.17, 15) is 18.0 Å². The van der Waals surface area contributed by atoms with Crippen LogP contribution in [-0.4, -0.2) is 60.9 Å². The summed E-state index contributed by atoms with van der Waals surface area (Å²) >= 11 is 0. The molecule has 1 aromatic rings. The Bertz CT molecular complexity index is 933. The van der Waals surface area contributed by atoms with Gasteiger partial charge < -0.3 is 15.0 Å². The second-order valence-corrected chi connectivity index (χ2v) is 10.5. The predicted molar refractivity (Wildman–Crippen MR) is 140 cm³/mol. The Hall–Kier alpha value is -2.45. The standard InChI is InChI=1S/C16H24N2O.C11H13NO.C2H3F3/c1-16(13-3-2-8-17-12-13)7-4-15(11-16)18-14-5-9-19-10-6-14;13-9-12-7-6-10-4-2-1-3-5-11(10)8-12;1-2(3,4)5/h2-3,8,12,14-15,18H,4-7,9-11H2,1H3;1-3,5,9H,4,6-8H2;1H3. The second kappa shape index (κ2) is 13.9. The largest absolute Gasteiger partial charge is 0.386 e. The fourth-order valence-electron chi connectivity index (χ4n) is 5.37. The first-order valence-corrected chi connectivity index (χ1v) is 13.2. The Morgan fingerprint density at radius 1 is 1.19 bits per heavy atom. The lowest BCUT2D eigenvalue weighted by Crippen LogP contribution is -2.41. The summed E-state index contributed by atoms with van der Waals surface area (Å²) < 4.78 is 36.5. The van der Waals surface area contributed by atoms with Crippen LogP contribution in [0.4, 0.5) is 13.2 Å². The van der Waals surface area contributed by atoms with Crippen LogP contribution in [0.3, 0.4) is 0 Å². The molecule has 2 aliphatic carbocycles. The molecule has 1 saturated carbocycles. The van der Waals surface area contributed by atoms with Crippen molar-refractivity contribution in [1.82, 2.24) is 15.2 Å². The maximum absolute atomic E-state index is 10.6. The molecule has 5 rings (SSSR count). The van der Waals surface area contributed by atoms with Gasteiger partial charge in [-0.2, -0.15) is 13.2 Å². The molecule has 2 atom stereocenters. The number of ether oxygens (including phenoxy) is 1. The van der Waals surface area contributed by atoms with Crippen LogP contribution in [-0.2, 0) is 14.9 Å². The zero-order valence-electron chi connectivity index (χ0n) is 22.0. The SMILES string of the molecule is CC(F)(F)F.CC1(c2cccnc2)CCC(NC2CCOCC2)C1.O=CN1CCC2=C(C=CC=CC2)C1. The predicted octanol–water partition coefficient (Wildman–Crippen LogP) is 5.89. The van der Waals surface area contributed by atoms with Crippen molar-refractivity contribution < 1.29 is 22.7 Å². The van der Waals surface area contributed by atoms with E-state index in [0.29, 0.717) is 17.5 Å². The van der Waals surface area contributed by atoms with Gasteiger partial charge in [0.25, 0.3) is 0 Å². The van der Waals surface area contributed by atoms with Gasteiger partial charge in [0, 0.05) is 57.7 Å². The molecule has 0 aromatic carbocycles. The number of carbonyl (C=O) groups is 1. The highest BCUT2D eigenvalue weighted by atomic mass is 19.4. The molecule has 1 amide bonds. The van der Waals surface area contributed by atoms with E-state index < -0.39 is 6.18 Å². The van der Waals surface area contributed by atoms with Crippen molar-refractivity contribution in [3.8, 4) is 0 Å². The van der Waals surface area contributed by atoms with Crippen LogP contribution in [0.5, 0.6) is 0 Å². The van der Waals surface area contributed by atoms with Gasteiger partial charge in [-0.1, -0.05) is 42.9 Å². The first-order chi connectivity index (χ1) is 17.7. The van der Waals surface area contributed by atoms with E-state index in [1.54, 1.807) is 0 Å². The first-order valence-electron chi connectivity index (χ1n) is 13.2. The Balaban J connectivity index is 0.000000183. The number of alkyl halides is 3. The van der Waals surface area contributed by atoms with Crippen molar-refractivity contribution in [2.75, 3.05) is 26.3 Å². The minimum atomic E-state index is -4.00. The van der Waals surface area contributed by atoms with Crippen molar-refractivity contribution in [2.45, 2.75) is 82.5 Å². The third kappa shape index (κ3) is 10.1. The molecule has 1 N–H and O–H groups in total. The summed E-state index contributed by atoms with van der Waals surface area (Å²) in [5.41, 5.74) is 4.51. The van der Waals surface area contributed by atoms with E-state index in [2.05, 4.69) is 53.7 Å². The summed E-state index contributed by atoms with van der Waals surface area (Å²) in [5.74, 6) is 0. The number of rotatable bonds is 4. The maximum atomic E-state index is 10.6. The van der Waals surface area contributed by atoms with E-state index in [4.69, 9.17) is 4.74 Å². The summed E-state index contributed by atoms with van der Waals surface area (Å²) in [7, 11) is 0. The lowest BCUT2D eigenvalue weighted by Gasteiger charge is -2.28. The van der Waals surface area contributed by atoms with Crippen LogP contribution in [0.25, 0.3) is 0 Å². The van der Waals surface area contributed by atoms with Crippen molar-refractivity contribution in [1.29, 1.82) is 0 Å². The molecule has 1 saturated heterocycles. The number of carbonyl (C=O) groups excluding carboxylic acids is 1. The molecule has 3 heterocycles. The van der Waals surface area contributed by atoms with E-state index in [0.717, 1.165) is 45.6 Å². The molecule has 5 nitrogen and oxygen atoms in total. The fraction of sp³-hybridized carbons (Fsp3) is 0.586. The van der Waals surface area contributed by atoms with Gasteiger partial charge >= 0.3 is 6.18 Å². The average molecular weight is 520 g/mol. The Labute approximate surface area is 218 Å². The van der Waals surface area contributed by atoms with E-state index in [-0.39, 0.29) is 6.92 Å². The van der Waals surface area contributed by atoms with Gasteiger partial charge in [-0.3, -0.25) is 9.78 Å². The van der Waals surface area contributed by atoms with Crippen molar-refractivity contribution in [3.63, 3.8) is 0 Å². The molecular formula is C29H40F3N3O2. The van der Waals surface area contributed by atoms with Gasteiger partial charge in [0.1, 0.15) is 0 Å². The normalized spacial score (nSPS) is 25.9. The van der Waals surface area contributed by atoms with Gasteiger partial charge in [0.05, 0.1) is 0 Å². The maximum Gasteiger partial charge on any atom is 0.386 e. The molecule has 2 unspecified atom stereocenters. The summed E-state index contributed by atoms with van der Waals surface area (Å²) in [6, 6.07) is 5.60. The summed E-state index contributed by atoms with van der Waals surface area (Å²) in [6.45, 7) is 6.08. The van der Waals surface area contributed by atoms with Gasteiger partial charge in [0.15, 0.2) is 0 Å². The number of aromatic nitrogens is 1. The zero-order valence-corrected chi connectivity index (χ0v) is 22.0. The third-order valence-electron chi connectivity index (χ3n) is 7.38. The highest BCUT2D eigenvalue weighted by Gasteiger charge is 2.37. The topological polar surface area (TPSA) is 54.5 Å². The number of allylic oxidation sites excluding steroid dienone is 3. The molecule has 8 heteroatoms. The monoisotopic (exact) mass is 519 g/mol. The average Bonchev–Trinajstić information content (AvgIpc) is 3.10. The number of hydrogen-bond donors (Lipinski definition) is 1. The molecule has 0 radical (unpaired) electrons. The molecule has 2 fully saturated rings. The smallest absolute Gasteiger partial charge is 0.381 e. The number of nitrogens with zero attached hydrogens (tertiary/aromatic N) is 2. The Kier molecular flexibility index (Phi) is 10.9. The third-order valence-corrected chi connectivity index (χ3v) is 7.38. The van der Waals surface area contributed by atoms with Crippen LogP contribution in [0.1, 0.15) is 64.4 Å². The highest BCUT2D eigenvalue weighted by Crippen LogP contribution is 2.40. The molecular weight excluding hydrogens is 479 g/mol. The minimum Gasteiger partial charge on any atom is -0.381 e. The summed E-state index contributed by atoms with van der Waals surface area (Å²) in [6.07, 6.45) is 17.5. The van der Waals surface area contributed by atoms with Crippen LogP contribution >= 0.6 is 0 Å². The first kappa shape index (κ1) is 29.1. The van der Waals surface area contributed by atoms with E-state index in [1.807, 2.05) is 17.3 Å². The van der Waals surface area contributed by atoms with Gasteiger partial charge in [-0.05, 0) is 67.6 Å². The highest BCUT2D eigenvalue weighted by molar-refractivity contribution is 5.50. The lowest BCUT2D eigenvalue weighted by molar-refractivity contribution is -0.118. The van der Waals surface area contributed by atoms with Crippen molar-refractivity contribution >= 4 is 6.41 Å². The van der Waals surface area contributed by atoms with E-state index >= 15 is 0 Å². The van der Waals surface area contributed by atoms with E-state index in [1.165, 1.54) is 48.8 Å². The second-order valence-electron chi connectivity index (χ2n) is 10.5. The number of hydrogen-bond acceptors (Lipinski definition) is 4. The van der Waals surface area contributed by atoms with Gasteiger partial charge in [-0.25, -0.2) is 0 Å². The lowest BCUT2D eigenvalue weighted by atomic mass is 9.82. The van der Waals surface area contributed by atoms with Crippen LogP contribution in [0.15, 0.2) is 60.0 Å². The number of amides is 1. The molecule has 204 valence electrons.